The van der Waals surface area contributed by atoms with Gasteiger partial charge < -0.3 is 15.4 Å². The molecule has 0 bridgehead atoms. The van der Waals surface area contributed by atoms with Gasteiger partial charge in [-0.05, 0) is 38.1 Å². The van der Waals surface area contributed by atoms with E-state index in [4.69, 9.17) is 27.9 Å². The van der Waals surface area contributed by atoms with E-state index in [-0.39, 0.29) is 37.1 Å². The van der Waals surface area contributed by atoms with Gasteiger partial charge in [-0.1, -0.05) is 23.2 Å². The molecule has 5 nitrogen and oxygen atoms in total. The van der Waals surface area contributed by atoms with Crippen LogP contribution in [0.1, 0.15) is 35.7 Å². The molecule has 0 aromatic carbocycles. The zero-order valence-corrected chi connectivity index (χ0v) is 16.8. The summed E-state index contributed by atoms with van der Waals surface area (Å²) in [7, 11) is 0. The summed E-state index contributed by atoms with van der Waals surface area (Å²) in [5.74, 6) is -0.578. The monoisotopic (exact) mass is 420 g/mol. The number of rotatable bonds is 8. The van der Waals surface area contributed by atoms with Crippen LogP contribution < -0.4 is 10.6 Å². The molecule has 136 valence electrons. The second kappa shape index (κ2) is 9.54. The summed E-state index contributed by atoms with van der Waals surface area (Å²) in [5, 5.41) is 5.59. The van der Waals surface area contributed by atoms with Crippen molar-refractivity contribution < 1.29 is 14.3 Å². The number of ether oxygens (including phenoxy) is 1. The van der Waals surface area contributed by atoms with Crippen LogP contribution in [0, 0.1) is 0 Å². The van der Waals surface area contributed by atoms with Crippen LogP contribution >= 0.6 is 45.9 Å². The van der Waals surface area contributed by atoms with Gasteiger partial charge in [0.1, 0.15) is 13.2 Å². The lowest BCUT2D eigenvalue weighted by atomic mass is 10.3. The number of halogens is 2. The van der Waals surface area contributed by atoms with Gasteiger partial charge >= 0.3 is 0 Å². The van der Waals surface area contributed by atoms with E-state index >= 15 is 0 Å². The lowest BCUT2D eigenvalue weighted by Crippen LogP contribution is -2.33. The Kier molecular flexibility index (Phi) is 7.71. The third-order valence-electron chi connectivity index (χ3n) is 3.26. The molecule has 0 aliphatic rings. The highest BCUT2D eigenvalue weighted by Gasteiger charge is 2.14. The molecular weight excluding hydrogens is 403 g/mol. The van der Waals surface area contributed by atoms with Crippen molar-refractivity contribution in [1.29, 1.82) is 0 Å². The van der Waals surface area contributed by atoms with Crippen LogP contribution in [0.3, 0.4) is 0 Å². The molecule has 2 amide bonds. The first-order valence-corrected chi connectivity index (χ1v) is 9.91. The van der Waals surface area contributed by atoms with Crippen molar-refractivity contribution in [2.75, 3.05) is 13.2 Å². The fourth-order valence-electron chi connectivity index (χ4n) is 2.07. The Hall–Kier alpha value is -1.12. The highest BCUT2D eigenvalue weighted by Crippen LogP contribution is 2.27. The largest absolute Gasteiger partial charge is 0.362 e. The van der Waals surface area contributed by atoms with Crippen molar-refractivity contribution in [2.24, 2.45) is 0 Å². The molecule has 0 aliphatic carbocycles. The van der Waals surface area contributed by atoms with Crippen LogP contribution in [-0.4, -0.2) is 25.0 Å². The van der Waals surface area contributed by atoms with Gasteiger partial charge in [0.05, 0.1) is 20.8 Å². The average molecular weight is 421 g/mol. The first-order chi connectivity index (χ1) is 11.8. The third kappa shape index (κ3) is 6.60. The summed E-state index contributed by atoms with van der Waals surface area (Å²) >= 11 is 14.6. The summed E-state index contributed by atoms with van der Waals surface area (Å²) in [6.07, 6.45) is 0. The van der Waals surface area contributed by atoms with Crippen LogP contribution in [0.25, 0.3) is 0 Å². The molecule has 2 aromatic heterocycles. The summed E-state index contributed by atoms with van der Waals surface area (Å²) in [6.45, 7) is 3.35. The Morgan fingerprint density at radius 1 is 0.920 bits per heavy atom. The second-order valence-corrected chi connectivity index (χ2v) is 8.85. The topological polar surface area (TPSA) is 67.4 Å². The van der Waals surface area contributed by atoms with Gasteiger partial charge in [-0.3, -0.25) is 9.59 Å². The quantitative estimate of drug-likeness (QED) is 0.672. The minimum Gasteiger partial charge on any atom is -0.362 e. The number of amides is 2. The molecule has 2 aromatic rings. The van der Waals surface area contributed by atoms with E-state index in [1.165, 1.54) is 22.7 Å². The zero-order valence-electron chi connectivity index (χ0n) is 13.7. The van der Waals surface area contributed by atoms with Crippen molar-refractivity contribution in [1.82, 2.24) is 10.6 Å². The minimum absolute atomic E-state index is 0.161. The Balaban J connectivity index is 1.67. The summed E-state index contributed by atoms with van der Waals surface area (Å²) in [5.41, 5.74) is 0. The van der Waals surface area contributed by atoms with Crippen molar-refractivity contribution >= 4 is 57.7 Å². The average Bonchev–Trinajstić information content (AvgIpc) is 3.15. The van der Waals surface area contributed by atoms with Gasteiger partial charge in [0.2, 0.25) is 11.8 Å². The maximum absolute atomic E-state index is 11.9. The lowest BCUT2D eigenvalue weighted by Gasteiger charge is -2.14. The van der Waals surface area contributed by atoms with Crippen LogP contribution in [0.4, 0.5) is 0 Å². The molecule has 2 rings (SSSR count). The smallest absolute Gasteiger partial charge is 0.246 e. The first-order valence-electron chi connectivity index (χ1n) is 7.52. The van der Waals surface area contributed by atoms with Gasteiger partial charge in [0.15, 0.2) is 0 Å². The minimum atomic E-state index is -0.289. The number of nitrogens with one attached hydrogen (secondary N) is 2. The predicted molar refractivity (Wildman–Crippen MR) is 103 cm³/mol. The first kappa shape index (κ1) is 20.2. The van der Waals surface area contributed by atoms with Gasteiger partial charge in [0.25, 0.3) is 0 Å². The highest BCUT2D eigenvalue weighted by atomic mass is 35.5. The summed E-state index contributed by atoms with van der Waals surface area (Å²) in [6, 6.07) is 6.98. The molecule has 0 saturated carbocycles. The van der Waals surface area contributed by atoms with E-state index in [0.29, 0.717) is 8.67 Å². The number of carbonyl (C=O) groups excluding carboxylic acids is 2. The van der Waals surface area contributed by atoms with Crippen molar-refractivity contribution in [3.05, 3.63) is 42.7 Å². The number of thiophene rings is 2. The Bertz CT molecular complexity index is 672. The normalized spacial score (nSPS) is 13.3. The number of hydrogen-bond donors (Lipinski definition) is 2. The van der Waals surface area contributed by atoms with Crippen LogP contribution in [0.5, 0.6) is 0 Å². The highest BCUT2D eigenvalue weighted by molar-refractivity contribution is 7.16. The fraction of sp³-hybridized carbons (Fsp3) is 0.375. The molecule has 0 spiro atoms. The van der Waals surface area contributed by atoms with Gasteiger partial charge in [-0.15, -0.1) is 22.7 Å². The molecule has 0 saturated heterocycles. The van der Waals surface area contributed by atoms with E-state index in [9.17, 15) is 9.59 Å². The molecule has 2 heterocycles. The van der Waals surface area contributed by atoms with Crippen LogP contribution in [0.2, 0.25) is 8.67 Å². The Morgan fingerprint density at radius 2 is 1.32 bits per heavy atom. The van der Waals surface area contributed by atoms with Crippen molar-refractivity contribution in [2.45, 2.75) is 25.9 Å². The van der Waals surface area contributed by atoms with Gasteiger partial charge in [-0.2, -0.15) is 0 Å². The molecule has 9 heteroatoms. The SMILES string of the molecule is CC(NC(=O)COCC(=O)NC(C)c1ccc(Cl)s1)c1ccc(Cl)s1. The van der Waals surface area contributed by atoms with Crippen LogP contribution in [0.15, 0.2) is 24.3 Å². The Labute approximate surface area is 164 Å². The van der Waals surface area contributed by atoms with E-state index in [1.807, 2.05) is 26.0 Å². The van der Waals surface area contributed by atoms with E-state index < -0.39 is 0 Å². The predicted octanol–water partition coefficient (Wildman–Crippen LogP) is 4.19. The maximum atomic E-state index is 11.9. The van der Waals surface area contributed by atoms with E-state index in [0.717, 1.165) is 9.75 Å². The molecule has 0 aliphatic heterocycles. The summed E-state index contributed by atoms with van der Waals surface area (Å²) in [4.78, 5) is 25.6. The molecule has 0 radical (unpaired) electrons. The van der Waals surface area contributed by atoms with Gasteiger partial charge in [0, 0.05) is 9.75 Å². The lowest BCUT2D eigenvalue weighted by molar-refractivity contribution is -0.131. The van der Waals surface area contributed by atoms with E-state index in [1.54, 1.807) is 12.1 Å². The zero-order chi connectivity index (χ0) is 18.4. The standard InChI is InChI=1S/C16H18Cl2N2O3S2/c1-9(11-3-5-13(17)24-11)19-15(21)7-23-8-16(22)20-10(2)12-4-6-14(18)25-12/h3-6,9-10H,7-8H2,1-2H3,(H,19,21)(H,20,22). The maximum Gasteiger partial charge on any atom is 0.246 e. The Morgan fingerprint density at radius 3 is 1.64 bits per heavy atom. The summed E-state index contributed by atoms with van der Waals surface area (Å²) < 4.78 is 6.51. The van der Waals surface area contributed by atoms with E-state index in [2.05, 4.69) is 10.6 Å². The molecule has 2 N–H and O–H groups in total. The molecular formula is C16H18Cl2N2O3S2. The fourth-order valence-corrected chi connectivity index (χ4v) is 4.19. The van der Waals surface area contributed by atoms with Crippen LogP contribution in [-0.2, 0) is 14.3 Å². The van der Waals surface area contributed by atoms with Crippen molar-refractivity contribution in [3.63, 3.8) is 0 Å². The molecule has 2 unspecified atom stereocenters. The van der Waals surface area contributed by atoms with Gasteiger partial charge in [-0.25, -0.2) is 0 Å². The molecule has 2 atom stereocenters. The second-order valence-electron chi connectivity index (χ2n) is 5.35. The molecule has 0 fully saturated rings. The van der Waals surface area contributed by atoms with Crippen molar-refractivity contribution in [3.8, 4) is 0 Å². The molecule has 25 heavy (non-hydrogen) atoms. The third-order valence-corrected chi connectivity index (χ3v) is 6.09. The number of hydrogen-bond acceptors (Lipinski definition) is 5. The number of carbonyl (C=O) groups is 2.